The van der Waals surface area contributed by atoms with Crippen LogP contribution in [0.4, 0.5) is 0 Å². The molecule has 0 aromatic rings. The predicted molar refractivity (Wildman–Crippen MR) is 216 cm³/mol. The van der Waals surface area contributed by atoms with Crippen LogP contribution in [0.5, 0.6) is 0 Å². The van der Waals surface area contributed by atoms with E-state index in [9.17, 15) is 19.2 Å². The van der Waals surface area contributed by atoms with Gasteiger partial charge in [-0.3, -0.25) is 14.4 Å². The minimum absolute atomic E-state index is 0.407. The SMILES string of the molecule is CC(O)C(=O)O.CCCCCCCCCCCCCCCCC(OC(C)=O)C(OC(C)=O)C(CCCCCCCCCCCCCCCC)OC(C)=O. The zero-order chi connectivity index (χ0) is 40.0. The van der Waals surface area contributed by atoms with Gasteiger partial charge in [0.25, 0.3) is 0 Å². The molecule has 0 saturated heterocycles. The molecule has 0 radical (unpaired) electrons. The number of aliphatic hydroxyl groups excluding tert-OH is 1. The second-order valence-corrected chi connectivity index (χ2v) is 15.2. The van der Waals surface area contributed by atoms with Gasteiger partial charge in [-0.1, -0.05) is 181 Å². The first kappa shape index (κ1) is 52.9. The van der Waals surface area contributed by atoms with Gasteiger partial charge in [-0.25, -0.2) is 4.79 Å². The van der Waals surface area contributed by atoms with E-state index in [1.165, 1.54) is 169 Å². The lowest BCUT2D eigenvalue weighted by Gasteiger charge is -2.32. The number of carboxylic acid groups (broad SMARTS) is 1. The van der Waals surface area contributed by atoms with E-state index in [-0.39, 0.29) is 0 Å². The Labute approximate surface area is 325 Å². The lowest BCUT2D eigenvalue weighted by atomic mass is 9.96. The van der Waals surface area contributed by atoms with Crippen LogP contribution in [0.3, 0.4) is 0 Å². The Bertz CT molecular complexity index is 808. The number of rotatable bonds is 36. The fourth-order valence-electron chi connectivity index (χ4n) is 6.67. The summed E-state index contributed by atoms with van der Waals surface area (Å²) < 4.78 is 17.1. The maximum Gasteiger partial charge on any atom is 0.332 e. The van der Waals surface area contributed by atoms with Crippen molar-refractivity contribution in [2.24, 2.45) is 0 Å². The molecule has 0 aliphatic carbocycles. The average Bonchev–Trinajstić information content (AvgIpc) is 3.09. The molecule has 314 valence electrons. The molecule has 53 heavy (non-hydrogen) atoms. The topological polar surface area (TPSA) is 136 Å². The van der Waals surface area contributed by atoms with Crippen LogP contribution >= 0.6 is 0 Å². The number of carboxylic acids is 1. The number of hydrogen-bond acceptors (Lipinski definition) is 8. The van der Waals surface area contributed by atoms with Crippen molar-refractivity contribution in [1.82, 2.24) is 0 Å². The summed E-state index contributed by atoms with van der Waals surface area (Å²) in [7, 11) is 0. The van der Waals surface area contributed by atoms with E-state index in [0.717, 1.165) is 38.5 Å². The molecule has 9 nitrogen and oxygen atoms in total. The Morgan fingerprint density at radius 3 is 0.811 bits per heavy atom. The van der Waals surface area contributed by atoms with Crippen LogP contribution in [0, 0.1) is 0 Å². The summed E-state index contributed by atoms with van der Waals surface area (Å²) in [5, 5.41) is 15.8. The van der Waals surface area contributed by atoms with Crippen LogP contribution in [-0.4, -0.2) is 58.5 Å². The van der Waals surface area contributed by atoms with Crippen molar-refractivity contribution in [1.29, 1.82) is 0 Å². The van der Waals surface area contributed by atoms with E-state index in [0.29, 0.717) is 12.8 Å². The summed E-state index contributed by atoms with van der Waals surface area (Å²) in [6, 6.07) is 0. The zero-order valence-corrected chi connectivity index (χ0v) is 35.3. The second kappa shape index (κ2) is 39.5. The largest absolute Gasteiger partial charge is 0.479 e. The van der Waals surface area contributed by atoms with E-state index in [4.69, 9.17) is 24.4 Å². The normalized spacial score (nSPS) is 13.3. The molecule has 0 heterocycles. The quantitative estimate of drug-likeness (QED) is 0.0363. The van der Waals surface area contributed by atoms with Gasteiger partial charge >= 0.3 is 23.9 Å². The summed E-state index contributed by atoms with van der Waals surface area (Å²) in [4.78, 5) is 45.7. The van der Waals surface area contributed by atoms with Gasteiger partial charge in [0.05, 0.1) is 0 Å². The molecule has 3 unspecified atom stereocenters. The highest BCUT2D eigenvalue weighted by Gasteiger charge is 2.36. The van der Waals surface area contributed by atoms with Gasteiger partial charge < -0.3 is 24.4 Å². The average molecular weight is 757 g/mol. The summed E-state index contributed by atoms with van der Waals surface area (Å²) in [6.07, 6.45) is 33.5. The van der Waals surface area contributed by atoms with Gasteiger partial charge in [-0.05, 0) is 32.6 Å². The van der Waals surface area contributed by atoms with E-state index in [2.05, 4.69) is 13.8 Å². The third kappa shape index (κ3) is 39.4. The van der Waals surface area contributed by atoms with Crippen molar-refractivity contribution in [2.75, 3.05) is 0 Å². The van der Waals surface area contributed by atoms with Gasteiger partial charge in [0.1, 0.15) is 18.3 Å². The summed E-state index contributed by atoms with van der Waals surface area (Å²) in [6.45, 7) is 9.86. The third-order valence-electron chi connectivity index (χ3n) is 9.71. The lowest BCUT2D eigenvalue weighted by Crippen LogP contribution is -2.45. The van der Waals surface area contributed by atoms with Crippen molar-refractivity contribution in [3.63, 3.8) is 0 Å². The number of carbonyl (C=O) groups is 4. The Morgan fingerprint density at radius 2 is 0.623 bits per heavy atom. The summed E-state index contributed by atoms with van der Waals surface area (Å²) in [5.41, 5.74) is 0. The lowest BCUT2D eigenvalue weighted by molar-refractivity contribution is -0.184. The number of aliphatic hydroxyl groups is 1. The van der Waals surface area contributed by atoms with E-state index < -0.39 is 48.3 Å². The Balaban J connectivity index is 0. The maximum absolute atomic E-state index is 12.1. The molecule has 0 saturated carbocycles. The van der Waals surface area contributed by atoms with Gasteiger partial charge in [0, 0.05) is 20.8 Å². The number of ether oxygens (including phenoxy) is 3. The van der Waals surface area contributed by atoms with Crippen molar-refractivity contribution < 1.29 is 43.6 Å². The monoisotopic (exact) mass is 757 g/mol. The highest BCUT2D eigenvalue weighted by atomic mass is 16.6. The molecule has 0 spiro atoms. The van der Waals surface area contributed by atoms with E-state index in [1.807, 2.05) is 0 Å². The molecule has 0 amide bonds. The highest BCUT2D eigenvalue weighted by Crippen LogP contribution is 2.24. The summed E-state index contributed by atoms with van der Waals surface area (Å²) in [5.74, 6) is -2.45. The first-order valence-electron chi connectivity index (χ1n) is 21.9. The van der Waals surface area contributed by atoms with Crippen LogP contribution in [0.15, 0.2) is 0 Å². The molecule has 2 N–H and O–H groups in total. The highest BCUT2D eigenvalue weighted by molar-refractivity contribution is 5.71. The molecule has 9 heteroatoms. The molecule has 0 bridgehead atoms. The second-order valence-electron chi connectivity index (χ2n) is 15.2. The minimum atomic E-state index is -1.23. The van der Waals surface area contributed by atoms with Crippen LogP contribution in [0.2, 0.25) is 0 Å². The molecule has 0 rings (SSSR count). The molecule has 0 aromatic heterocycles. The van der Waals surface area contributed by atoms with E-state index in [1.54, 1.807) is 0 Å². The van der Waals surface area contributed by atoms with Gasteiger partial charge in [-0.15, -0.1) is 0 Å². The Kier molecular flexibility index (Phi) is 39.5. The Morgan fingerprint density at radius 1 is 0.415 bits per heavy atom. The Hall–Kier alpha value is -2.16. The molecule has 0 fully saturated rings. The van der Waals surface area contributed by atoms with E-state index >= 15 is 0 Å². The molecular formula is C44H84O9. The molecular weight excluding hydrogens is 672 g/mol. The summed E-state index contributed by atoms with van der Waals surface area (Å²) >= 11 is 0. The number of aliphatic carboxylic acids is 1. The number of hydrogen-bond donors (Lipinski definition) is 2. The van der Waals surface area contributed by atoms with Crippen LogP contribution in [0.1, 0.15) is 234 Å². The van der Waals surface area contributed by atoms with Gasteiger partial charge in [0.15, 0.2) is 6.10 Å². The van der Waals surface area contributed by atoms with Crippen LogP contribution in [-0.2, 0) is 33.4 Å². The van der Waals surface area contributed by atoms with Crippen LogP contribution in [0.25, 0.3) is 0 Å². The smallest absolute Gasteiger partial charge is 0.332 e. The van der Waals surface area contributed by atoms with Gasteiger partial charge in [0.2, 0.25) is 0 Å². The molecule has 0 aliphatic heterocycles. The molecule has 0 aliphatic rings. The number of carbonyl (C=O) groups excluding carboxylic acids is 3. The predicted octanol–water partition coefficient (Wildman–Crippen LogP) is 12.0. The van der Waals surface area contributed by atoms with Crippen molar-refractivity contribution in [2.45, 2.75) is 259 Å². The van der Waals surface area contributed by atoms with Crippen molar-refractivity contribution in [3.8, 4) is 0 Å². The minimum Gasteiger partial charge on any atom is -0.479 e. The first-order valence-corrected chi connectivity index (χ1v) is 21.9. The van der Waals surface area contributed by atoms with Crippen LogP contribution < -0.4 is 0 Å². The number of unbranched alkanes of at least 4 members (excludes halogenated alkanes) is 26. The zero-order valence-electron chi connectivity index (χ0n) is 35.3. The maximum atomic E-state index is 12.1. The first-order chi connectivity index (χ1) is 25.5. The fraction of sp³-hybridized carbons (Fsp3) is 0.909. The molecule has 0 aromatic carbocycles. The molecule has 3 atom stereocenters. The van der Waals surface area contributed by atoms with Gasteiger partial charge in [-0.2, -0.15) is 0 Å². The third-order valence-corrected chi connectivity index (χ3v) is 9.71. The van der Waals surface area contributed by atoms with Crippen molar-refractivity contribution in [3.05, 3.63) is 0 Å². The fourth-order valence-corrected chi connectivity index (χ4v) is 6.67. The number of esters is 3. The van der Waals surface area contributed by atoms with Crippen molar-refractivity contribution >= 4 is 23.9 Å². The standard InChI is InChI=1S/C41H78O6.C3H6O3/c1-6-8-10-12-14-16-18-20-22-24-26-28-30-32-34-39(45-36(3)42)41(47-38(5)44)40(46-37(4)43)35-33-31-29-27-25-23-21-19-17-15-13-11-9-7-2;1-2(4)3(5)6/h39-41H,6-35H2,1-5H3;2,4H,1H3,(H,5,6).